The van der Waals surface area contributed by atoms with E-state index in [1.54, 1.807) is 6.20 Å². The zero-order chi connectivity index (χ0) is 13.7. The van der Waals surface area contributed by atoms with E-state index < -0.39 is 11.6 Å². The molecule has 1 N–H and O–H groups in total. The van der Waals surface area contributed by atoms with Gasteiger partial charge in [-0.05, 0) is 37.2 Å². The number of hydrogen-bond acceptors (Lipinski definition) is 2. The predicted octanol–water partition coefficient (Wildman–Crippen LogP) is 3.25. The van der Waals surface area contributed by atoms with Crippen molar-refractivity contribution in [3.8, 4) is 0 Å². The van der Waals surface area contributed by atoms with Crippen LogP contribution in [0.5, 0.6) is 0 Å². The van der Waals surface area contributed by atoms with Gasteiger partial charge in [0.25, 0.3) is 0 Å². The van der Waals surface area contributed by atoms with E-state index in [1.807, 2.05) is 25.1 Å². The lowest BCUT2D eigenvalue weighted by molar-refractivity contribution is 0.492. The Labute approximate surface area is 111 Å². The normalized spacial score (nSPS) is 12.4. The Morgan fingerprint density at radius 3 is 2.42 bits per heavy atom. The van der Waals surface area contributed by atoms with Crippen molar-refractivity contribution >= 4 is 0 Å². The molecule has 0 aliphatic heterocycles. The smallest absolute Gasteiger partial charge is 0.129 e. The second-order valence-corrected chi connectivity index (χ2v) is 4.27. The highest BCUT2D eigenvalue weighted by molar-refractivity contribution is 5.23. The fraction of sp³-hybridized carbons (Fsp3) is 0.267. The minimum atomic E-state index is -0.515. The summed E-state index contributed by atoms with van der Waals surface area (Å²) < 4.78 is 27.4. The van der Waals surface area contributed by atoms with Crippen LogP contribution in [-0.2, 0) is 6.42 Å². The van der Waals surface area contributed by atoms with Crippen molar-refractivity contribution in [2.75, 3.05) is 6.54 Å². The van der Waals surface area contributed by atoms with Crippen LogP contribution >= 0.6 is 0 Å². The van der Waals surface area contributed by atoms with Gasteiger partial charge in [-0.2, -0.15) is 0 Å². The van der Waals surface area contributed by atoms with Crippen LogP contribution in [0.3, 0.4) is 0 Å². The van der Waals surface area contributed by atoms with Gasteiger partial charge in [-0.15, -0.1) is 0 Å². The molecular weight excluding hydrogens is 246 g/mol. The molecule has 100 valence electrons. The average Bonchev–Trinajstić information content (AvgIpc) is 2.43. The summed E-state index contributed by atoms with van der Waals surface area (Å²) >= 11 is 0. The molecule has 0 saturated carbocycles. The van der Waals surface area contributed by atoms with E-state index in [9.17, 15) is 8.78 Å². The van der Waals surface area contributed by atoms with Crippen molar-refractivity contribution in [3.63, 3.8) is 0 Å². The van der Waals surface area contributed by atoms with E-state index in [0.717, 1.165) is 5.69 Å². The molecule has 19 heavy (non-hydrogen) atoms. The molecule has 2 aromatic rings. The fourth-order valence-corrected chi connectivity index (χ4v) is 2.04. The fourth-order valence-electron chi connectivity index (χ4n) is 2.04. The van der Waals surface area contributed by atoms with Crippen molar-refractivity contribution in [1.29, 1.82) is 0 Å². The molecular formula is C15H16F2N2. The number of halogens is 2. The first-order valence-corrected chi connectivity index (χ1v) is 6.29. The third kappa shape index (κ3) is 3.35. The van der Waals surface area contributed by atoms with Gasteiger partial charge in [0, 0.05) is 11.8 Å². The summed E-state index contributed by atoms with van der Waals surface area (Å²) in [5.74, 6) is -1.03. The lowest BCUT2D eigenvalue weighted by atomic mass is 10.0. The van der Waals surface area contributed by atoms with Crippen LogP contribution in [0, 0.1) is 11.6 Å². The molecule has 0 fully saturated rings. The quantitative estimate of drug-likeness (QED) is 0.894. The highest BCUT2D eigenvalue weighted by Gasteiger charge is 2.17. The maximum Gasteiger partial charge on any atom is 0.129 e. The van der Waals surface area contributed by atoms with Gasteiger partial charge in [-0.1, -0.05) is 19.1 Å². The molecule has 1 aromatic heterocycles. The summed E-state index contributed by atoms with van der Waals surface area (Å²) in [6.45, 7) is 2.66. The monoisotopic (exact) mass is 262 g/mol. The Morgan fingerprint density at radius 2 is 1.84 bits per heavy atom. The summed E-state index contributed by atoms with van der Waals surface area (Å²) in [6.07, 6.45) is 1.92. The maximum absolute atomic E-state index is 13.7. The largest absolute Gasteiger partial charge is 0.309 e. The zero-order valence-electron chi connectivity index (χ0n) is 10.7. The van der Waals surface area contributed by atoms with E-state index in [0.29, 0.717) is 6.54 Å². The SMILES string of the molecule is CCNC(Cc1c(F)cccc1F)c1ccccn1. The second kappa shape index (κ2) is 6.38. The van der Waals surface area contributed by atoms with Crippen LogP contribution < -0.4 is 5.32 Å². The molecule has 0 saturated heterocycles. The van der Waals surface area contributed by atoms with Crippen LogP contribution in [0.25, 0.3) is 0 Å². The van der Waals surface area contributed by atoms with Crippen LogP contribution in [0.1, 0.15) is 24.2 Å². The van der Waals surface area contributed by atoms with Gasteiger partial charge < -0.3 is 5.32 Å². The van der Waals surface area contributed by atoms with E-state index in [-0.39, 0.29) is 18.0 Å². The van der Waals surface area contributed by atoms with E-state index in [1.165, 1.54) is 18.2 Å². The number of nitrogens with zero attached hydrogens (tertiary/aromatic N) is 1. The lowest BCUT2D eigenvalue weighted by Crippen LogP contribution is -2.24. The lowest BCUT2D eigenvalue weighted by Gasteiger charge is -2.18. The predicted molar refractivity (Wildman–Crippen MR) is 70.7 cm³/mol. The number of rotatable bonds is 5. The molecule has 2 nitrogen and oxygen atoms in total. The third-order valence-corrected chi connectivity index (χ3v) is 2.97. The number of hydrogen-bond donors (Lipinski definition) is 1. The minimum Gasteiger partial charge on any atom is -0.309 e. The van der Waals surface area contributed by atoms with Crippen LogP contribution in [-0.4, -0.2) is 11.5 Å². The third-order valence-electron chi connectivity index (χ3n) is 2.97. The second-order valence-electron chi connectivity index (χ2n) is 4.27. The van der Waals surface area contributed by atoms with Crippen molar-refractivity contribution in [2.45, 2.75) is 19.4 Å². The Morgan fingerprint density at radius 1 is 1.11 bits per heavy atom. The molecule has 1 aromatic carbocycles. The first-order valence-electron chi connectivity index (χ1n) is 6.29. The van der Waals surface area contributed by atoms with Crippen molar-refractivity contribution in [2.24, 2.45) is 0 Å². The van der Waals surface area contributed by atoms with E-state index in [4.69, 9.17) is 0 Å². The van der Waals surface area contributed by atoms with Crippen LogP contribution in [0.4, 0.5) is 8.78 Å². The molecule has 0 spiro atoms. The highest BCUT2D eigenvalue weighted by atomic mass is 19.1. The molecule has 1 heterocycles. The van der Waals surface area contributed by atoms with Crippen molar-refractivity contribution < 1.29 is 8.78 Å². The first kappa shape index (κ1) is 13.6. The molecule has 0 aliphatic carbocycles. The number of nitrogens with one attached hydrogen (secondary N) is 1. The number of aromatic nitrogens is 1. The minimum absolute atomic E-state index is 0.0964. The Balaban J connectivity index is 2.27. The molecule has 0 amide bonds. The first-order chi connectivity index (χ1) is 9.22. The molecule has 0 bridgehead atoms. The number of benzene rings is 1. The van der Waals surface area contributed by atoms with Gasteiger partial charge in [-0.25, -0.2) is 8.78 Å². The molecule has 1 unspecified atom stereocenters. The number of likely N-dealkylation sites (N-methyl/N-ethyl adjacent to an activating group) is 1. The molecule has 1 atom stereocenters. The van der Waals surface area contributed by atoms with Gasteiger partial charge in [0.2, 0.25) is 0 Å². The molecule has 4 heteroatoms. The van der Waals surface area contributed by atoms with Crippen LogP contribution in [0.2, 0.25) is 0 Å². The summed E-state index contributed by atoms with van der Waals surface area (Å²) in [5.41, 5.74) is 0.881. The van der Waals surface area contributed by atoms with Gasteiger partial charge in [0.05, 0.1) is 11.7 Å². The topological polar surface area (TPSA) is 24.9 Å². The molecule has 0 radical (unpaired) electrons. The average molecular weight is 262 g/mol. The standard InChI is InChI=1S/C15H16F2N2/c1-2-18-15(14-8-3-4-9-19-14)10-11-12(16)6-5-7-13(11)17/h3-9,15,18H,2,10H2,1H3. The molecule has 2 rings (SSSR count). The Kier molecular flexibility index (Phi) is 4.58. The van der Waals surface area contributed by atoms with E-state index >= 15 is 0 Å². The Bertz CT molecular complexity index is 509. The Hall–Kier alpha value is -1.81. The number of pyridine rings is 1. The van der Waals surface area contributed by atoms with Crippen molar-refractivity contribution in [1.82, 2.24) is 10.3 Å². The summed E-state index contributed by atoms with van der Waals surface area (Å²) in [6, 6.07) is 9.27. The highest BCUT2D eigenvalue weighted by Crippen LogP contribution is 2.20. The van der Waals surface area contributed by atoms with Gasteiger partial charge in [-0.3, -0.25) is 4.98 Å². The maximum atomic E-state index is 13.7. The van der Waals surface area contributed by atoms with Gasteiger partial charge in [0.1, 0.15) is 11.6 Å². The molecule has 0 aliphatic rings. The van der Waals surface area contributed by atoms with Gasteiger partial charge in [0.15, 0.2) is 0 Å². The van der Waals surface area contributed by atoms with Crippen molar-refractivity contribution in [3.05, 3.63) is 65.5 Å². The summed E-state index contributed by atoms with van der Waals surface area (Å²) in [5, 5.41) is 3.21. The van der Waals surface area contributed by atoms with E-state index in [2.05, 4.69) is 10.3 Å². The van der Waals surface area contributed by atoms with Crippen LogP contribution in [0.15, 0.2) is 42.6 Å². The summed E-state index contributed by atoms with van der Waals surface area (Å²) in [7, 11) is 0. The summed E-state index contributed by atoms with van der Waals surface area (Å²) in [4.78, 5) is 4.25. The zero-order valence-corrected chi connectivity index (χ0v) is 10.7. The van der Waals surface area contributed by atoms with Gasteiger partial charge >= 0.3 is 0 Å².